The topological polar surface area (TPSA) is 17.8 Å². The summed E-state index contributed by atoms with van der Waals surface area (Å²) < 4.78 is 2.34. The number of nitrogens with zero attached hydrogens (tertiary/aromatic N) is 2. The Labute approximate surface area is 237 Å². The van der Waals surface area contributed by atoms with E-state index < -0.39 is 0 Å². The van der Waals surface area contributed by atoms with Crippen LogP contribution in [0, 0.1) is 6.92 Å². The lowest BCUT2D eigenvalue weighted by Crippen LogP contribution is -2.18. The quantitative estimate of drug-likeness (QED) is 0.141. The van der Waals surface area contributed by atoms with Crippen LogP contribution in [0.3, 0.4) is 0 Å². The van der Waals surface area contributed by atoms with Gasteiger partial charge >= 0.3 is 0 Å². The summed E-state index contributed by atoms with van der Waals surface area (Å²) in [7, 11) is -0.834. The van der Waals surface area contributed by atoms with Gasteiger partial charge in [0, 0.05) is 18.9 Å². The molecular formula is C34H37N2P3. The summed E-state index contributed by atoms with van der Waals surface area (Å²) in [5, 5.41) is 5.98. The molecule has 0 radical (unpaired) electrons. The Hall–Kier alpha value is -2.62. The second kappa shape index (κ2) is 14.7. The van der Waals surface area contributed by atoms with Gasteiger partial charge in [-0.2, -0.15) is 0 Å². The van der Waals surface area contributed by atoms with Crippen molar-refractivity contribution in [2.24, 2.45) is 0 Å². The van der Waals surface area contributed by atoms with Crippen LogP contribution in [0.2, 0.25) is 0 Å². The third-order valence-electron chi connectivity index (χ3n) is 7.13. The highest BCUT2D eigenvalue weighted by atomic mass is 31.1. The maximum Gasteiger partial charge on any atom is 0.105 e. The van der Waals surface area contributed by atoms with Crippen LogP contribution in [-0.2, 0) is 6.54 Å². The zero-order valence-corrected chi connectivity index (χ0v) is 25.4. The van der Waals surface area contributed by atoms with E-state index in [4.69, 9.17) is 0 Å². The molecule has 0 aliphatic rings. The van der Waals surface area contributed by atoms with Gasteiger partial charge in [0.05, 0.1) is 0 Å². The number of hydrogen-bond acceptors (Lipinski definition) is 1. The molecule has 0 aliphatic carbocycles. The first-order valence-corrected chi connectivity index (χ1v) is 18.7. The van der Waals surface area contributed by atoms with Crippen LogP contribution >= 0.6 is 23.8 Å². The van der Waals surface area contributed by atoms with Gasteiger partial charge in [-0.15, -0.1) is 7.92 Å². The van der Waals surface area contributed by atoms with Crippen molar-refractivity contribution in [1.82, 2.24) is 9.55 Å². The molecule has 0 fully saturated rings. The molecule has 1 aromatic heterocycles. The van der Waals surface area contributed by atoms with Crippen molar-refractivity contribution in [1.29, 1.82) is 0 Å². The van der Waals surface area contributed by atoms with E-state index in [1.807, 2.05) is 6.20 Å². The average molecular weight is 567 g/mol. The molecule has 0 N–H and O–H groups in total. The molecule has 5 aromatic rings. The predicted octanol–water partition coefficient (Wildman–Crippen LogP) is 6.94. The van der Waals surface area contributed by atoms with Gasteiger partial charge in [0.2, 0.25) is 0 Å². The second-order valence-electron chi connectivity index (χ2n) is 9.65. The fraction of sp³-hybridized carbons (Fsp3) is 0.206. The first kappa shape index (κ1) is 27.9. The van der Waals surface area contributed by atoms with Gasteiger partial charge in [-0.05, 0) is 74.8 Å². The Balaban J connectivity index is 1.35. The third-order valence-corrected chi connectivity index (χ3v) is 15.4. The van der Waals surface area contributed by atoms with Crippen molar-refractivity contribution in [3.05, 3.63) is 140 Å². The van der Waals surface area contributed by atoms with Gasteiger partial charge in [0.15, 0.2) is 0 Å². The fourth-order valence-corrected chi connectivity index (χ4v) is 13.7. The van der Waals surface area contributed by atoms with E-state index in [9.17, 15) is 0 Å². The number of imidazole rings is 1. The Bertz CT molecular complexity index is 1210. The molecular weight excluding hydrogens is 529 g/mol. The molecule has 0 aliphatic heterocycles. The fourth-order valence-electron chi connectivity index (χ4n) is 4.95. The summed E-state index contributed by atoms with van der Waals surface area (Å²) in [5.41, 5.74) is 0. The van der Waals surface area contributed by atoms with Crippen molar-refractivity contribution < 1.29 is 0 Å². The smallest absolute Gasteiger partial charge is 0.105 e. The number of rotatable bonds is 13. The summed E-state index contributed by atoms with van der Waals surface area (Å²) in [6, 6.07) is 44.8. The minimum atomic E-state index is -0.357. The van der Waals surface area contributed by atoms with Crippen LogP contribution < -0.4 is 21.2 Å². The standard InChI is InChI=1S/C34H37N2P3/c1-30-35-22-23-36(30)24-25-37(26-28-38(31-14-6-2-7-15-31)32-16-8-3-9-17-32)27-29-39(33-18-10-4-11-19-33)34-20-12-5-13-21-34/h2-23H,24-29H2,1H3. The number of aryl methyl sites for hydroxylation is 2. The highest BCUT2D eigenvalue weighted by Gasteiger charge is 2.20. The summed E-state index contributed by atoms with van der Waals surface area (Å²) in [5.74, 6) is 1.12. The summed E-state index contributed by atoms with van der Waals surface area (Å²) in [6.07, 6.45) is 10.5. The molecule has 0 atom stereocenters. The number of aromatic nitrogens is 2. The Morgan fingerprint density at radius 1 is 0.513 bits per heavy atom. The summed E-state index contributed by atoms with van der Waals surface area (Å²) in [6.45, 7) is 3.19. The van der Waals surface area contributed by atoms with Crippen molar-refractivity contribution in [2.45, 2.75) is 13.5 Å². The molecule has 0 saturated carbocycles. The summed E-state index contributed by atoms with van der Waals surface area (Å²) in [4.78, 5) is 4.48. The largest absolute Gasteiger partial charge is 0.335 e. The molecule has 1 heterocycles. The molecule has 0 bridgehead atoms. The van der Waals surface area contributed by atoms with E-state index in [1.54, 1.807) is 0 Å². The van der Waals surface area contributed by atoms with Crippen LogP contribution in [0.15, 0.2) is 134 Å². The number of benzene rings is 4. The second-order valence-corrected chi connectivity index (χ2v) is 17.0. The Morgan fingerprint density at radius 2 is 0.897 bits per heavy atom. The lowest BCUT2D eigenvalue weighted by atomic mass is 10.4. The van der Waals surface area contributed by atoms with Crippen LogP contribution in [0.1, 0.15) is 5.82 Å². The lowest BCUT2D eigenvalue weighted by molar-refractivity contribution is 0.734. The Kier molecular flexibility index (Phi) is 10.5. The SMILES string of the molecule is Cc1nccn1CCP(CCP(c1ccccc1)c1ccccc1)CCP(c1ccccc1)c1ccccc1. The van der Waals surface area contributed by atoms with Gasteiger partial charge in [-0.3, -0.25) is 0 Å². The zero-order chi connectivity index (χ0) is 26.7. The lowest BCUT2D eigenvalue weighted by Gasteiger charge is -2.26. The molecule has 0 amide bonds. The molecule has 4 aromatic carbocycles. The molecule has 5 rings (SSSR count). The average Bonchev–Trinajstić information content (AvgIpc) is 3.42. The number of hydrogen-bond donors (Lipinski definition) is 0. The van der Waals surface area contributed by atoms with Gasteiger partial charge in [-0.1, -0.05) is 121 Å². The van der Waals surface area contributed by atoms with E-state index in [-0.39, 0.29) is 23.8 Å². The van der Waals surface area contributed by atoms with E-state index in [2.05, 4.69) is 144 Å². The van der Waals surface area contributed by atoms with Crippen molar-refractivity contribution >= 4 is 45.0 Å². The van der Waals surface area contributed by atoms with Gasteiger partial charge in [-0.25, -0.2) is 4.98 Å². The minimum absolute atomic E-state index is 0.121. The van der Waals surface area contributed by atoms with Crippen LogP contribution in [0.5, 0.6) is 0 Å². The van der Waals surface area contributed by atoms with Gasteiger partial charge < -0.3 is 4.57 Å². The third kappa shape index (κ3) is 7.96. The molecule has 5 heteroatoms. The molecule has 2 nitrogen and oxygen atoms in total. The van der Waals surface area contributed by atoms with E-state index >= 15 is 0 Å². The van der Waals surface area contributed by atoms with Crippen molar-refractivity contribution in [3.8, 4) is 0 Å². The van der Waals surface area contributed by atoms with Gasteiger partial charge in [0.25, 0.3) is 0 Å². The van der Waals surface area contributed by atoms with Crippen LogP contribution in [-0.4, -0.2) is 40.4 Å². The molecule has 0 saturated heterocycles. The molecule has 198 valence electrons. The maximum atomic E-state index is 4.48. The minimum Gasteiger partial charge on any atom is -0.335 e. The highest BCUT2D eigenvalue weighted by Crippen LogP contribution is 2.45. The monoisotopic (exact) mass is 566 g/mol. The zero-order valence-electron chi connectivity index (χ0n) is 22.7. The maximum absolute atomic E-state index is 4.48. The van der Waals surface area contributed by atoms with E-state index in [1.165, 1.54) is 52.0 Å². The van der Waals surface area contributed by atoms with Crippen LogP contribution in [0.4, 0.5) is 0 Å². The molecule has 0 unspecified atom stereocenters. The van der Waals surface area contributed by atoms with Gasteiger partial charge in [0.1, 0.15) is 5.82 Å². The van der Waals surface area contributed by atoms with Crippen LogP contribution in [0.25, 0.3) is 0 Å². The normalized spacial score (nSPS) is 11.5. The molecule has 0 spiro atoms. The Morgan fingerprint density at radius 3 is 1.23 bits per heavy atom. The first-order valence-electron chi connectivity index (χ1n) is 13.7. The molecule has 39 heavy (non-hydrogen) atoms. The van der Waals surface area contributed by atoms with E-state index in [0.717, 1.165) is 12.4 Å². The van der Waals surface area contributed by atoms with E-state index in [0.29, 0.717) is 0 Å². The predicted molar refractivity (Wildman–Crippen MR) is 176 cm³/mol. The van der Waals surface area contributed by atoms with Crippen molar-refractivity contribution in [3.63, 3.8) is 0 Å². The summed E-state index contributed by atoms with van der Waals surface area (Å²) >= 11 is 0. The highest BCUT2D eigenvalue weighted by molar-refractivity contribution is 7.75. The first-order chi connectivity index (χ1) is 19.3. The van der Waals surface area contributed by atoms with Crippen molar-refractivity contribution in [2.75, 3.05) is 30.8 Å².